The fraction of sp³-hybridized carbons (Fsp3) is 0.688. The molecule has 4 nitrogen and oxygen atoms in total. The van der Waals surface area contributed by atoms with E-state index in [1.165, 1.54) is 38.8 Å². The second-order valence-corrected chi connectivity index (χ2v) is 7.36. The summed E-state index contributed by atoms with van der Waals surface area (Å²) in [4.78, 5) is 7.07. The summed E-state index contributed by atoms with van der Waals surface area (Å²) in [6.45, 7) is 6.92. The van der Waals surface area contributed by atoms with Crippen molar-refractivity contribution in [1.29, 1.82) is 0 Å². The summed E-state index contributed by atoms with van der Waals surface area (Å²) in [5.41, 5.74) is 4.12. The number of pyridine rings is 1. The molecule has 2 rings (SSSR count). The molecular weight excluding hydrogens is 328 g/mol. The number of nitrogens with two attached hydrogens (primary N) is 1. The van der Waals surface area contributed by atoms with Crippen LogP contribution < -0.4 is 11.3 Å². The largest absolute Gasteiger partial charge is 0.297 e. The molecule has 0 bridgehead atoms. The number of rotatable bonds is 5. The van der Waals surface area contributed by atoms with Crippen molar-refractivity contribution in [2.75, 3.05) is 13.1 Å². The molecule has 5 heteroatoms. The van der Waals surface area contributed by atoms with Gasteiger partial charge < -0.3 is 0 Å². The summed E-state index contributed by atoms with van der Waals surface area (Å²) in [5.74, 6) is 5.87. The zero-order valence-corrected chi connectivity index (χ0v) is 14.7. The lowest BCUT2D eigenvalue weighted by Crippen LogP contribution is -2.60. The molecule has 2 heterocycles. The smallest absolute Gasteiger partial charge is 0.0444 e. The van der Waals surface area contributed by atoms with Crippen LogP contribution in [0.15, 0.2) is 22.8 Å². The average molecular weight is 355 g/mol. The molecule has 3 N–H and O–H groups in total. The third-order valence-electron chi connectivity index (χ3n) is 4.68. The predicted molar refractivity (Wildman–Crippen MR) is 90.9 cm³/mol. The van der Waals surface area contributed by atoms with Gasteiger partial charge in [-0.25, -0.2) is 0 Å². The number of hydrazine groups is 1. The van der Waals surface area contributed by atoms with Crippen LogP contribution in [0.2, 0.25) is 0 Å². The van der Waals surface area contributed by atoms with E-state index in [4.69, 9.17) is 5.84 Å². The Morgan fingerprint density at radius 1 is 1.29 bits per heavy atom. The first-order chi connectivity index (χ1) is 10.0. The van der Waals surface area contributed by atoms with Crippen LogP contribution in [-0.2, 0) is 6.42 Å². The number of nitrogens with one attached hydrogen (secondary N) is 1. The Kier molecular flexibility index (Phi) is 6.17. The van der Waals surface area contributed by atoms with Crippen molar-refractivity contribution in [3.8, 4) is 0 Å². The Morgan fingerprint density at radius 2 is 1.95 bits per heavy atom. The van der Waals surface area contributed by atoms with Gasteiger partial charge in [-0.1, -0.05) is 12.8 Å². The van der Waals surface area contributed by atoms with Crippen LogP contribution in [-0.4, -0.2) is 34.6 Å². The molecule has 1 fully saturated rings. The van der Waals surface area contributed by atoms with Crippen molar-refractivity contribution in [3.63, 3.8) is 0 Å². The van der Waals surface area contributed by atoms with E-state index in [0.717, 1.165) is 16.6 Å². The molecule has 118 valence electrons. The minimum absolute atomic E-state index is 0.0217. The van der Waals surface area contributed by atoms with Gasteiger partial charge in [0.15, 0.2) is 0 Å². The lowest BCUT2D eigenvalue weighted by atomic mass is 9.89. The highest BCUT2D eigenvalue weighted by atomic mass is 79.9. The van der Waals surface area contributed by atoms with E-state index in [0.29, 0.717) is 0 Å². The third kappa shape index (κ3) is 4.49. The van der Waals surface area contributed by atoms with E-state index in [9.17, 15) is 0 Å². The Bertz CT molecular complexity index is 424. The SMILES string of the molecule is CC(C)(C(Cc1ccc(Br)cn1)NN)N1CCCCCC1. The summed E-state index contributed by atoms with van der Waals surface area (Å²) in [6.07, 6.45) is 7.97. The molecule has 0 radical (unpaired) electrons. The number of likely N-dealkylation sites (tertiary alicyclic amines) is 1. The minimum atomic E-state index is 0.0217. The molecule has 1 aromatic rings. The molecule has 0 amide bonds. The second kappa shape index (κ2) is 7.68. The molecule has 0 aromatic carbocycles. The van der Waals surface area contributed by atoms with Gasteiger partial charge in [0.25, 0.3) is 0 Å². The van der Waals surface area contributed by atoms with Gasteiger partial charge in [0, 0.05) is 34.4 Å². The van der Waals surface area contributed by atoms with Crippen molar-refractivity contribution >= 4 is 15.9 Å². The van der Waals surface area contributed by atoms with Crippen LogP contribution in [0, 0.1) is 0 Å². The quantitative estimate of drug-likeness (QED) is 0.630. The maximum Gasteiger partial charge on any atom is 0.0444 e. The van der Waals surface area contributed by atoms with Crippen LogP contribution in [0.5, 0.6) is 0 Å². The number of halogens is 1. The van der Waals surface area contributed by atoms with E-state index in [-0.39, 0.29) is 11.6 Å². The molecule has 0 aliphatic carbocycles. The monoisotopic (exact) mass is 354 g/mol. The first-order valence-electron chi connectivity index (χ1n) is 7.85. The van der Waals surface area contributed by atoms with Crippen LogP contribution >= 0.6 is 15.9 Å². The van der Waals surface area contributed by atoms with Gasteiger partial charge in [-0.05, 0) is 67.8 Å². The highest BCUT2D eigenvalue weighted by Gasteiger charge is 2.35. The summed E-state index contributed by atoms with van der Waals surface area (Å²) < 4.78 is 1.01. The minimum Gasteiger partial charge on any atom is -0.297 e. The normalized spacial score (nSPS) is 19.2. The van der Waals surface area contributed by atoms with Crippen molar-refractivity contribution in [2.24, 2.45) is 5.84 Å². The third-order valence-corrected chi connectivity index (χ3v) is 5.15. The summed E-state index contributed by atoms with van der Waals surface area (Å²) >= 11 is 3.43. The molecule has 0 saturated carbocycles. The molecule has 0 spiro atoms. The first-order valence-corrected chi connectivity index (χ1v) is 8.65. The van der Waals surface area contributed by atoms with Gasteiger partial charge in [0.2, 0.25) is 0 Å². The molecule has 1 aliphatic heterocycles. The van der Waals surface area contributed by atoms with E-state index < -0.39 is 0 Å². The van der Waals surface area contributed by atoms with Crippen LogP contribution in [0.3, 0.4) is 0 Å². The first kappa shape index (κ1) is 16.9. The van der Waals surface area contributed by atoms with Gasteiger partial charge in [-0.15, -0.1) is 0 Å². The summed E-state index contributed by atoms with van der Waals surface area (Å²) in [6, 6.07) is 4.28. The van der Waals surface area contributed by atoms with E-state index >= 15 is 0 Å². The average Bonchev–Trinajstić information content (AvgIpc) is 2.76. The molecule has 1 aliphatic rings. The lowest BCUT2D eigenvalue weighted by molar-refractivity contribution is 0.0831. The topological polar surface area (TPSA) is 54.2 Å². The molecular formula is C16H27BrN4. The van der Waals surface area contributed by atoms with Gasteiger partial charge in [0.05, 0.1) is 0 Å². The molecule has 21 heavy (non-hydrogen) atoms. The zero-order valence-electron chi connectivity index (χ0n) is 13.1. The van der Waals surface area contributed by atoms with E-state index in [1.54, 1.807) is 0 Å². The summed E-state index contributed by atoms with van der Waals surface area (Å²) in [5, 5.41) is 0. The molecule has 1 aromatic heterocycles. The van der Waals surface area contributed by atoms with Gasteiger partial charge in [-0.2, -0.15) is 0 Å². The number of hydrogen-bond acceptors (Lipinski definition) is 4. The van der Waals surface area contributed by atoms with Gasteiger partial charge in [0.1, 0.15) is 0 Å². The number of nitrogens with zero attached hydrogens (tertiary/aromatic N) is 2. The molecule has 1 saturated heterocycles. The van der Waals surface area contributed by atoms with Crippen LogP contribution in [0.1, 0.15) is 45.2 Å². The predicted octanol–water partition coefficient (Wildman–Crippen LogP) is 2.87. The summed E-state index contributed by atoms with van der Waals surface area (Å²) in [7, 11) is 0. The molecule has 1 unspecified atom stereocenters. The highest BCUT2D eigenvalue weighted by molar-refractivity contribution is 9.10. The van der Waals surface area contributed by atoms with E-state index in [1.807, 2.05) is 12.3 Å². The van der Waals surface area contributed by atoms with Crippen molar-refractivity contribution in [1.82, 2.24) is 15.3 Å². The van der Waals surface area contributed by atoms with Crippen molar-refractivity contribution < 1.29 is 0 Å². The maximum absolute atomic E-state index is 5.87. The zero-order chi connectivity index (χ0) is 15.3. The Morgan fingerprint density at radius 3 is 2.48 bits per heavy atom. The highest BCUT2D eigenvalue weighted by Crippen LogP contribution is 2.25. The van der Waals surface area contributed by atoms with Crippen molar-refractivity contribution in [3.05, 3.63) is 28.5 Å². The molecule has 1 atom stereocenters. The number of hydrogen-bond donors (Lipinski definition) is 2. The Labute approximate surface area is 136 Å². The van der Waals surface area contributed by atoms with Gasteiger partial charge >= 0.3 is 0 Å². The van der Waals surface area contributed by atoms with Crippen LogP contribution in [0.25, 0.3) is 0 Å². The van der Waals surface area contributed by atoms with Gasteiger partial charge in [-0.3, -0.25) is 21.2 Å². The van der Waals surface area contributed by atoms with Crippen LogP contribution in [0.4, 0.5) is 0 Å². The fourth-order valence-corrected chi connectivity index (χ4v) is 3.35. The number of aromatic nitrogens is 1. The second-order valence-electron chi connectivity index (χ2n) is 6.45. The van der Waals surface area contributed by atoms with Crippen molar-refractivity contribution in [2.45, 2.75) is 57.5 Å². The Hall–Kier alpha value is -0.490. The fourth-order valence-electron chi connectivity index (χ4n) is 3.12. The Balaban J connectivity index is 2.08. The lowest BCUT2D eigenvalue weighted by Gasteiger charge is -2.43. The maximum atomic E-state index is 5.87. The standard InChI is InChI=1S/C16H27BrN4/c1-16(2,21-9-5-3-4-6-10-21)15(20-18)11-14-8-7-13(17)12-19-14/h7-8,12,15,20H,3-6,9-11,18H2,1-2H3. The van der Waals surface area contributed by atoms with E-state index in [2.05, 4.69) is 51.2 Å².